The van der Waals surface area contributed by atoms with Crippen LogP contribution in [0.15, 0.2) is 6.20 Å². The van der Waals surface area contributed by atoms with Gasteiger partial charge in [0.25, 0.3) is 0 Å². The smallest absolute Gasteiger partial charge is 0.413 e. The Kier molecular flexibility index (Phi) is 4.31. The van der Waals surface area contributed by atoms with Gasteiger partial charge in [0.05, 0.1) is 12.8 Å². The summed E-state index contributed by atoms with van der Waals surface area (Å²) < 4.78 is 17.2. The molecule has 0 radical (unpaired) electrons. The molecule has 1 heterocycles. The molecule has 0 bridgehead atoms. The predicted molar refractivity (Wildman–Crippen MR) is 52.0 cm³/mol. The first kappa shape index (κ1) is 10.9. The second kappa shape index (κ2) is 5.54. The van der Waals surface area contributed by atoms with Gasteiger partial charge in [0.15, 0.2) is 10.3 Å². The molecule has 14 heavy (non-hydrogen) atoms. The molecule has 0 saturated heterocycles. The number of rotatable bonds is 4. The molecule has 1 aromatic rings. The Balaban J connectivity index is 2.27. The van der Waals surface area contributed by atoms with Gasteiger partial charge in [-0.15, -0.1) is 0 Å². The maximum Gasteiger partial charge on any atom is 0.413 e. The summed E-state index contributed by atoms with van der Waals surface area (Å²) in [7, 11) is 0. The average Bonchev–Trinajstić information content (AvgIpc) is 2.52. The van der Waals surface area contributed by atoms with Crippen LogP contribution in [0.5, 0.6) is 0 Å². The summed E-state index contributed by atoms with van der Waals surface area (Å²) in [6, 6.07) is 0. The summed E-state index contributed by atoms with van der Waals surface area (Å²) in [4.78, 5) is 14.6. The lowest BCUT2D eigenvalue weighted by Gasteiger charge is -2.02. The Hall–Kier alpha value is -1.17. The Bertz CT molecular complexity index is 303. The van der Waals surface area contributed by atoms with Crippen molar-refractivity contribution in [2.24, 2.45) is 0 Å². The highest BCUT2D eigenvalue weighted by molar-refractivity contribution is 7.14. The number of nitrogens with one attached hydrogen (secondary N) is 1. The highest BCUT2D eigenvalue weighted by atomic mass is 32.1. The van der Waals surface area contributed by atoms with E-state index in [4.69, 9.17) is 4.74 Å². The van der Waals surface area contributed by atoms with Crippen molar-refractivity contribution in [1.29, 1.82) is 0 Å². The van der Waals surface area contributed by atoms with E-state index in [-0.39, 0.29) is 5.13 Å². The van der Waals surface area contributed by atoms with Gasteiger partial charge in [-0.2, -0.15) is 4.39 Å². The van der Waals surface area contributed by atoms with E-state index in [1.165, 1.54) is 0 Å². The van der Waals surface area contributed by atoms with Gasteiger partial charge in [-0.25, -0.2) is 9.78 Å². The molecule has 0 aliphatic rings. The first-order valence-corrected chi connectivity index (χ1v) is 5.09. The minimum absolute atomic E-state index is 0.212. The van der Waals surface area contributed by atoms with Gasteiger partial charge in [-0.1, -0.05) is 24.7 Å². The largest absolute Gasteiger partial charge is 0.449 e. The van der Waals surface area contributed by atoms with Crippen molar-refractivity contribution >= 4 is 22.6 Å². The molecular formula is C8H11FN2O2S. The molecule has 0 aliphatic carbocycles. The van der Waals surface area contributed by atoms with Crippen molar-refractivity contribution in [3.05, 3.63) is 11.3 Å². The number of anilines is 1. The van der Waals surface area contributed by atoms with E-state index in [9.17, 15) is 9.18 Å². The van der Waals surface area contributed by atoms with Crippen LogP contribution >= 0.6 is 11.3 Å². The molecule has 0 aliphatic heterocycles. The first-order chi connectivity index (χ1) is 6.72. The van der Waals surface area contributed by atoms with Gasteiger partial charge in [-0.05, 0) is 6.42 Å². The van der Waals surface area contributed by atoms with Crippen LogP contribution in [0, 0.1) is 5.13 Å². The van der Waals surface area contributed by atoms with Gasteiger partial charge in [-0.3, -0.25) is 5.32 Å². The fourth-order valence-corrected chi connectivity index (χ4v) is 1.27. The summed E-state index contributed by atoms with van der Waals surface area (Å²) in [6.07, 6.45) is 2.23. The molecule has 1 aromatic heterocycles. The maximum atomic E-state index is 12.4. The number of hydrogen-bond donors (Lipinski definition) is 1. The third kappa shape index (κ3) is 3.69. The molecule has 0 unspecified atom stereocenters. The van der Waals surface area contributed by atoms with Crippen LogP contribution in [0.2, 0.25) is 0 Å². The minimum atomic E-state index is -0.590. The number of halogens is 1. The molecule has 0 saturated carbocycles. The van der Waals surface area contributed by atoms with E-state index in [0.29, 0.717) is 6.61 Å². The van der Waals surface area contributed by atoms with Crippen LogP contribution in [0.3, 0.4) is 0 Å². The number of carbonyl (C=O) groups is 1. The number of nitrogens with zero attached hydrogens (tertiary/aromatic N) is 1. The number of amides is 1. The quantitative estimate of drug-likeness (QED) is 0.790. The van der Waals surface area contributed by atoms with Crippen LogP contribution in [0.1, 0.15) is 19.8 Å². The van der Waals surface area contributed by atoms with Crippen LogP contribution in [0.4, 0.5) is 14.3 Å². The fraction of sp³-hybridized carbons (Fsp3) is 0.500. The average molecular weight is 218 g/mol. The summed E-state index contributed by atoms with van der Waals surface area (Å²) >= 11 is 0.766. The Labute approximate surface area is 85.1 Å². The maximum absolute atomic E-state index is 12.4. The van der Waals surface area contributed by atoms with Gasteiger partial charge in [0.2, 0.25) is 0 Å². The molecular weight excluding hydrogens is 207 g/mol. The van der Waals surface area contributed by atoms with Crippen molar-refractivity contribution in [2.45, 2.75) is 19.8 Å². The monoisotopic (exact) mass is 218 g/mol. The van der Waals surface area contributed by atoms with E-state index >= 15 is 0 Å². The molecule has 0 fully saturated rings. The molecule has 1 rings (SSSR count). The summed E-state index contributed by atoms with van der Waals surface area (Å²) in [6.45, 7) is 2.37. The van der Waals surface area contributed by atoms with Gasteiger partial charge in [0.1, 0.15) is 0 Å². The van der Waals surface area contributed by atoms with Gasteiger partial charge in [0, 0.05) is 0 Å². The number of carbonyl (C=O) groups excluding carboxylic acids is 1. The molecule has 0 aromatic carbocycles. The van der Waals surface area contributed by atoms with Crippen molar-refractivity contribution in [2.75, 3.05) is 11.9 Å². The third-order valence-corrected chi connectivity index (χ3v) is 2.12. The zero-order valence-electron chi connectivity index (χ0n) is 7.75. The van der Waals surface area contributed by atoms with Crippen molar-refractivity contribution < 1.29 is 13.9 Å². The van der Waals surface area contributed by atoms with E-state index in [2.05, 4.69) is 10.3 Å². The van der Waals surface area contributed by atoms with Crippen LogP contribution in [-0.4, -0.2) is 17.7 Å². The second-order valence-electron chi connectivity index (χ2n) is 2.58. The minimum Gasteiger partial charge on any atom is -0.449 e. The molecule has 0 atom stereocenters. The highest BCUT2D eigenvalue weighted by Gasteiger charge is 2.06. The third-order valence-electron chi connectivity index (χ3n) is 1.42. The van der Waals surface area contributed by atoms with E-state index in [1.54, 1.807) is 0 Å². The van der Waals surface area contributed by atoms with E-state index < -0.39 is 11.2 Å². The van der Waals surface area contributed by atoms with Gasteiger partial charge < -0.3 is 4.74 Å². The summed E-state index contributed by atoms with van der Waals surface area (Å²) in [5.41, 5.74) is 0. The summed E-state index contributed by atoms with van der Waals surface area (Å²) in [5.74, 6) is 0. The molecule has 0 spiro atoms. The second-order valence-corrected chi connectivity index (χ2v) is 3.56. The fourth-order valence-electron chi connectivity index (χ4n) is 0.745. The van der Waals surface area contributed by atoms with E-state index in [1.807, 2.05) is 6.92 Å². The molecule has 1 N–H and O–H groups in total. The highest BCUT2D eigenvalue weighted by Crippen LogP contribution is 2.15. The number of thiazole rings is 1. The zero-order chi connectivity index (χ0) is 10.4. The number of unbranched alkanes of at least 4 members (excludes halogenated alkanes) is 1. The van der Waals surface area contributed by atoms with Crippen LogP contribution < -0.4 is 5.32 Å². The van der Waals surface area contributed by atoms with Crippen LogP contribution in [-0.2, 0) is 4.74 Å². The standard InChI is InChI=1S/C8H11FN2O2S/c1-2-3-4-13-8(12)11-7-10-5-6(9)14-7/h5H,2-4H2,1H3,(H,10,11,12). The molecule has 1 amide bonds. The van der Waals surface area contributed by atoms with Crippen LogP contribution in [0.25, 0.3) is 0 Å². The molecule has 4 nitrogen and oxygen atoms in total. The predicted octanol–water partition coefficient (Wildman–Crippen LogP) is 2.63. The molecule has 78 valence electrons. The first-order valence-electron chi connectivity index (χ1n) is 4.27. The number of aromatic nitrogens is 1. The van der Waals surface area contributed by atoms with Crippen molar-refractivity contribution in [1.82, 2.24) is 4.98 Å². The normalized spacial score (nSPS) is 9.86. The Morgan fingerprint density at radius 3 is 3.14 bits per heavy atom. The lowest BCUT2D eigenvalue weighted by atomic mass is 10.4. The van der Waals surface area contributed by atoms with Crippen molar-refractivity contribution in [3.63, 3.8) is 0 Å². The Morgan fingerprint density at radius 1 is 1.79 bits per heavy atom. The topological polar surface area (TPSA) is 51.2 Å². The lowest BCUT2D eigenvalue weighted by Crippen LogP contribution is -2.13. The lowest BCUT2D eigenvalue weighted by molar-refractivity contribution is 0.160. The van der Waals surface area contributed by atoms with Crippen molar-refractivity contribution in [3.8, 4) is 0 Å². The Morgan fingerprint density at radius 2 is 2.57 bits per heavy atom. The number of ether oxygens (including phenoxy) is 1. The van der Waals surface area contributed by atoms with Gasteiger partial charge >= 0.3 is 6.09 Å². The SMILES string of the molecule is CCCCOC(=O)Nc1ncc(F)s1. The summed E-state index contributed by atoms with van der Waals surface area (Å²) in [5, 5.41) is 2.10. The van der Waals surface area contributed by atoms with E-state index in [0.717, 1.165) is 30.4 Å². The number of hydrogen-bond acceptors (Lipinski definition) is 4. The molecule has 6 heteroatoms. The zero-order valence-corrected chi connectivity index (χ0v) is 8.57.